The molecule has 1 fully saturated rings. The number of amides is 1. The second kappa shape index (κ2) is 9.56. The summed E-state index contributed by atoms with van der Waals surface area (Å²) in [7, 11) is 1.76. The number of fused-ring (bicyclic) bond motifs is 2. The zero-order valence-corrected chi connectivity index (χ0v) is 20.5. The summed E-state index contributed by atoms with van der Waals surface area (Å²) >= 11 is 0. The molecule has 3 aromatic carbocycles. The Balaban J connectivity index is 1.50. The highest BCUT2D eigenvalue weighted by Crippen LogP contribution is 2.52. The predicted octanol–water partition coefficient (Wildman–Crippen LogP) is 4.06. The summed E-state index contributed by atoms with van der Waals surface area (Å²) in [6.45, 7) is 2.71. The van der Waals surface area contributed by atoms with Gasteiger partial charge in [0.05, 0.1) is 24.2 Å². The van der Waals surface area contributed by atoms with Crippen LogP contribution in [0, 0.1) is 21.4 Å². The average molecular weight is 499 g/mol. The third-order valence-corrected chi connectivity index (χ3v) is 7.26. The number of rotatable bonds is 7. The Morgan fingerprint density at radius 3 is 2.65 bits per heavy atom. The molecule has 5 rings (SSSR count). The van der Waals surface area contributed by atoms with E-state index in [1.165, 1.54) is 0 Å². The first-order valence-corrected chi connectivity index (χ1v) is 12.0. The number of ether oxygens (including phenoxy) is 2. The Morgan fingerprint density at radius 1 is 1.14 bits per heavy atom. The van der Waals surface area contributed by atoms with Crippen LogP contribution in [0.15, 0.2) is 66.7 Å². The van der Waals surface area contributed by atoms with Crippen molar-refractivity contribution < 1.29 is 19.2 Å². The van der Waals surface area contributed by atoms with Gasteiger partial charge in [0, 0.05) is 28.3 Å². The van der Waals surface area contributed by atoms with Crippen LogP contribution in [0.2, 0.25) is 0 Å². The first-order chi connectivity index (χ1) is 17.9. The van der Waals surface area contributed by atoms with Crippen molar-refractivity contribution in [3.05, 3.63) is 99.1 Å². The Labute approximate surface area is 214 Å². The maximum absolute atomic E-state index is 13.3. The highest BCUT2D eigenvalue weighted by Gasteiger charge is 2.68. The quantitative estimate of drug-likeness (QED) is 0.386. The van der Waals surface area contributed by atoms with Crippen molar-refractivity contribution in [3.8, 4) is 17.6 Å². The van der Waals surface area contributed by atoms with Crippen molar-refractivity contribution in [3.63, 3.8) is 0 Å². The molecule has 2 aliphatic rings. The molecule has 0 saturated carbocycles. The van der Waals surface area contributed by atoms with Crippen LogP contribution in [0.3, 0.4) is 0 Å². The van der Waals surface area contributed by atoms with E-state index in [4.69, 9.17) is 9.47 Å². The Hall–Kier alpha value is -4.42. The molecule has 1 amide bonds. The van der Waals surface area contributed by atoms with Crippen molar-refractivity contribution in [1.29, 1.82) is 5.26 Å². The monoisotopic (exact) mass is 498 g/mol. The molecular formula is C28H26N4O5. The molecule has 2 aliphatic heterocycles. The van der Waals surface area contributed by atoms with Crippen molar-refractivity contribution in [2.45, 2.75) is 31.0 Å². The number of likely N-dealkylation sites (tertiary alicyclic amines) is 1. The summed E-state index contributed by atoms with van der Waals surface area (Å²) in [4.78, 5) is 27.3. The summed E-state index contributed by atoms with van der Waals surface area (Å²) in [6.07, 6.45) is 0. The molecule has 188 valence electrons. The standard InChI is InChI=1S/C28H26N4O5/c1-3-36-25-14-18(12-13-24(25)37-17-20-9-5-4-8-19(20)15-29)21-16-31(2)28(26(21)32(34)35)22-10-6-7-11-23(22)30-27(28)33/h4-14,21,26H,3,16-17H2,1-2H3,(H,30,33)/t21-,26+,28-/m0/s1. The fourth-order valence-corrected chi connectivity index (χ4v) is 5.63. The van der Waals surface area contributed by atoms with Gasteiger partial charge in [0.2, 0.25) is 0 Å². The Morgan fingerprint density at radius 2 is 1.89 bits per heavy atom. The van der Waals surface area contributed by atoms with Gasteiger partial charge in [-0.3, -0.25) is 19.8 Å². The molecule has 1 N–H and O–H groups in total. The number of anilines is 1. The topological polar surface area (TPSA) is 118 Å². The number of likely N-dealkylation sites (N-methyl/N-ethyl adjacent to an activating group) is 1. The molecule has 3 aromatic rings. The van der Waals surface area contributed by atoms with E-state index in [1.54, 1.807) is 66.5 Å². The molecule has 1 spiro atoms. The molecule has 37 heavy (non-hydrogen) atoms. The average Bonchev–Trinajstić information content (AvgIpc) is 3.38. The highest BCUT2D eigenvalue weighted by atomic mass is 16.6. The molecule has 0 radical (unpaired) electrons. The zero-order chi connectivity index (χ0) is 26.2. The van der Waals surface area contributed by atoms with Gasteiger partial charge in [0.15, 0.2) is 17.0 Å². The minimum absolute atomic E-state index is 0.174. The first kappa shape index (κ1) is 24.3. The summed E-state index contributed by atoms with van der Waals surface area (Å²) in [5.41, 5.74) is 1.77. The van der Waals surface area contributed by atoms with Crippen LogP contribution in [-0.2, 0) is 16.9 Å². The molecule has 1 saturated heterocycles. The van der Waals surface area contributed by atoms with Gasteiger partial charge in [-0.2, -0.15) is 5.26 Å². The van der Waals surface area contributed by atoms with E-state index in [1.807, 2.05) is 19.1 Å². The summed E-state index contributed by atoms with van der Waals surface area (Å²) in [5.74, 6) is -0.0246. The molecule has 9 nitrogen and oxygen atoms in total. The lowest BCUT2D eigenvalue weighted by molar-refractivity contribution is -0.534. The van der Waals surface area contributed by atoms with E-state index in [0.29, 0.717) is 47.0 Å². The number of carbonyl (C=O) groups is 1. The number of benzene rings is 3. The largest absolute Gasteiger partial charge is 0.490 e. The lowest BCUT2D eigenvalue weighted by atomic mass is 9.79. The molecule has 0 aromatic heterocycles. The lowest BCUT2D eigenvalue weighted by Crippen LogP contribution is -2.54. The summed E-state index contributed by atoms with van der Waals surface area (Å²) < 4.78 is 11.9. The number of hydrogen-bond acceptors (Lipinski definition) is 7. The number of nitro groups is 1. The second-order valence-corrected chi connectivity index (χ2v) is 9.18. The molecule has 9 heteroatoms. The van der Waals surface area contributed by atoms with E-state index in [9.17, 15) is 20.2 Å². The van der Waals surface area contributed by atoms with E-state index in [0.717, 1.165) is 5.56 Å². The number of carbonyl (C=O) groups excluding carboxylic acids is 1. The van der Waals surface area contributed by atoms with E-state index < -0.39 is 17.5 Å². The number of nitriles is 1. The van der Waals surface area contributed by atoms with Crippen LogP contribution in [0.4, 0.5) is 5.69 Å². The number of nitrogens with zero attached hydrogens (tertiary/aromatic N) is 3. The molecule has 0 bridgehead atoms. The van der Waals surface area contributed by atoms with Crippen molar-refractivity contribution in [2.24, 2.45) is 0 Å². The van der Waals surface area contributed by atoms with Crippen LogP contribution in [-0.4, -0.2) is 42.0 Å². The third-order valence-electron chi connectivity index (χ3n) is 7.26. The smallest absolute Gasteiger partial charge is 0.256 e. The first-order valence-electron chi connectivity index (χ1n) is 12.0. The van der Waals surface area contributed by atoms with Crippen LogP contribution in [0.5, 0.6) is 11.5 Å². The Bertz CT molecular complexity index is 1420. The molecule has 0 unspecified atom stereocenters. The second-order valence-electron chi connectivity index (χ2n) is 9.18. The minimum atomic E-state index is -1.41. The third kappa shape index (κ3) is 3.86. The van der Waals surface area contributed by atoms with Gasteiger partial charge >= 0.3 is 0 Å². The number of nitrogens with one attached hydrogen (secondary N) is 1. The van der Waals surface area contributed by atoms with Crippen molar-refractivity contribution >= 4 is 11.6 Å². The van der Waals surface area contributed by atoms with E-state index in [2.05, 4.69) is 11.4 Å². The fourth-order valence-electron chi connectivity index (χ4n) is 5.63. The maximum atomic E-state index is 13.3. The van der Waals surface area contributed by atoms with Gasteiger partial charge in [-0.25, -0.2) is 0 Å². The number of hydrogen-bond donors (Lipinski definition) is 1. The van der Waals surface area contributed by atoms with Gasteiger partial charge in [-0.05, 0) is 43.8 Å². The van der Waals surface area contributed by atoms with Crippen molar-refractivity contribution in [2.75, 3.05) is 25.5 Å². The van der Waals surface area contributed by atoms with Crippen LogP contribution < -0.4 is 14.8 Å². The number of para-hydroxylation sites is 1. The lowest BCUT2D eigenvalue weighted by Gasteiger charge is -2.30. The molecule has 0 aliphatic carbocycles. The SMILES string of the molecule is CCOc1cc([C@@H]2CN(C)[C@]3(C(=O)Nc4ccccc43)[C@@H]2[N+](=O)[O-])ccc1OCc1ccccc1C#N. The molecule has 2 heterocycles. The van der Waals surface area contributed by atoms with E-state index in [-0.39, 0.29) is 17.4 Å². The maximum Gasteiger partial charge on any atom is 0.256 e. The highest BCUT2D eigenvalue weighted by molar-refractivity contribution is 6.06. The van der Waals surface area contributed by atoms with Gasteiger partial charge in [0.1, 0.15) is 6.61 Å². The van der Waals surface area contributed by atoms with E-state index >= 15 is 0 Å². The normalized spacial score (nSPS) is 22.4. The predicted molar refractivity (Wildman–Crippen MR) is 136 cm³/mol. The van der Waals surface area contributed by atoms with Crippen molar-refractivity contribution in [1.82, 2.24) is 4.90 Å². The van der Waals surface area contributed by atoms with Crippen LogP contribution >= 0.6 is 0 Å². The Kier molecular flexibility index (Phi) is 6.27. The van der Waals surface area contributed by atoms with Gasteiger partial charge in [-0.15, -0.1) is 0 Å². The fraction of sp³-hybridized carbons (Fsp3) is 0.286. The van der Waals surface area contributed by atoms with Crippen LogP contribution in [0.1, 0.15) is 35.1 Å². The summed E-state index contributed by atoms with van der Waals surface area (Å²) in [6, 6.07) is 20.6. The van der Waals surface area contributed by atoms with Crippen LogP contribution in [0.25, 0.3) is 0 Å². The summed E-state index contributed by atoms with van der Waals surface area (Å²) in [5, 5.41) is 24.8. The van der Waals surface area contributed by atoms with Gasteiger partial charge in [0.25, 0.3) is 11.9 Å². The zero-order valence-electron chi connectivity index (χ0n) is 20.5. The van der Waals surface area contributed by atoms with Gasteiger partial charge in [-0.1, -0.05) is 42.5 Å². The van der Waals surface area contributed by atoms with Gasteiger partial charge < -0.3 is 14.8 Å². The minimum Gasteiger partial charge on any atom is -0.490 e. The molecular weight excluding hydrogens is 472 g/mol. The molecule has 3 atom stereocenters.